The Morgan fingerprint density at radius 1 is 1.24 bits per heavy atom. The maximum Gasteiger partial charge on any atom is 0.335 e. The van der Waals surface area contributed by atoms with E-state index in [4.69, 9.17) is 10.8 Å². The molecule has 0 aromatic heterocycles. The Morgan fingerprint density at radius 3 is 2.72 bits per heavy atom. The van der Waals surface area contributed by atoms with E-state index in [0.29, 0.717) is 0 Å². The number of hydrogen-bond donors (Lipinski definition) is 2. The average molecular weight is 414 g/mol. The molecule has 2 amide bonds. The Morgan fingerprint density at radius 2 is 2.00 bits per heavy atom. The molecule has 1 unspecified atom stereocenters. The first-order valence-corrected chi connectivity index (χ1v) is 9.22. The maximum atomic E-state index is 13.5. The van der Waals surface area contributed by atoms with Crippen molar-refractivity contribution in [1.82, 2.24) is 0 Å². The molecule has 3 N–H and O–H groups in total. The minimum absolute atomic E-state index is 0.0391. The van der Waals surface area contributed by atoms with Gasteiger partial charge >= 0.3 is 5.97 Å². The Kier molecular flexibility index (Phi) is 6.03. The lowest BCUT2D eigenvalue weighted by molar-refractivity contribution is -0.121. The van der Waals surface area contributed by atoms with Crippen molar-refractivity contribution in [3.63, 3.8) is 0 Å². The molecule has 1 saturated heterocycles. The number of halogens is 1. The molecule has 3 rings (SSSR count). The standard InChI is InChI=1S/C19H15FN4O4S/c20-14-7-2-1-4-12(14)10-22-23-19(21)29-15-9-16(25)24(17(15)26)13-6-3-5-11(8-13)18(27)28/h1-8,10,15H,9H2,(H2,21,23)(H,27,28)/b22-10+. The Hall–Kier alpha value is -3.53. The molecule has 0 aliphatic carbocycles. The summed E-state index contributed by atoms with van der Waals surface area (Å²) in [6, 6.07) is 11.5. The number of thioether (sulfide) groups is 1. The van der Waals surface area contributed by atoms with Crippen LogP contribution in [0.3, 0.4) is 0 Å². The zero-order valence-electron chi connectivity index (χ0n) is 14.9. The molecule has 1 fully saturated rings. The Bertz CT molecular complexity index is 1040. The molecule has 2 aromatic carbocycles. The first kappa shape index (κ1) is 20.2. The van der Waals surface area contributed by atoms with Gasteiger partial charge in [0.1, 0.15) is 11.1 Å². The number of hydrogen-bond acceptors (Lipinski definition) is 6. The number of carboxylic acid groups (broad SMARTS) is 1. The largest absolute Gasteiger partial charge is 0.478 e. The molecular weight excluding hydrogens is 399 g/mol. The first-order chi connectivity index (χ1) is 13.9. The van der Waals surface area contributed by atoms with Crippen molar-refractivity contribution in [2.45, 2.75) is 11.7 Å². The van der Waals surface area contributed by atoms with Crippen molar-refractivity contribution in [2.24, 2.45) is 15.9 Å². The van der Waals surface area contributed by atoms with Crippen molar-refractivity contribution in [1.29, 1.82) is 0 Å². The van der Waals surface area contributed by atoms with Gasteiger partial charge in [-0.15, -0.1) is 5.10 Å². The highest BCUT2D eigenvalue weighted by molar-refractivity contribution is 8.14. The monoisotopic (exact) mass is 414 g/mol. The number of amides is 2. The number of imide groups is 1. The van der Waals surface area contributed by atoms with Crippen LogP contribution in [0.1, 0.15) is 22.3 Å². The number of carbonyl (C=O) groups is 3. The van der Waals surface area contributed by atoms with E-state index in [1.54, 1.807) is 12.1 Å². The zero-order valence-corrected chi connectivity index (χ0v) is 15.7. The second-order valence-electron chi connectivity index (χ2n) is 5.94. The van der Waals surface area contributed by atoms with Gasteiger partial charge in [-0.3, -0.25) is 9.59 Å². The molecule has 1 aliphatic rings. The normalized spacial score (nSPS) is 17.3. The lowest BCUT2D eigenvalue weighted by atomic mass is 10.2. The number of amidine groups is 1. The summed E-state index contributed by atoms with van der Waals surface area (Å²) < 4.78 is 13.5. The van der Waals surface area contributed by atoms with Gasteiger partial charge in [0.2, 0.25) is 11.8 Å². The van der Waals surface area contributed by atoms with Crippen molar-refractivity contribution < 1.29 is 23.9 Å². The number of carbonyl (C=O) groups excluding carboxylic acids is 2. The van der Waals surface area contributed by atoms with Crippen LogP contribution in [-0.4, -0.2) is 39.5 Å². The Labute approximate surface area is 168 Å². The Balaban J connectivity index is 1.70. The van der Waals surface area contributed by atoms with Gasteiger partial charge in [0.05, 0.1) is 17.5 Å². The van der Waals surface area contributed by atoms with E-state index in [0.717, 1.165) is 16.7 Å². The summed E-state index contributed by atoms with van der Waals surface area (Å²) in [6.45, 7) is 0. The molecule has 29 heavy (non-hydrogen) atoms. The van der Waals surface area contributed by atoms with E-state index in [-0.39, 0.29) is 28.4 Å². The highest BCUT2D eigenvalue weighted by atomic mass is 32.2. The number of benzene rings is 2. The summed E-state index contributed by atoms with van der Waals surface area (Å²) in [5.74, 6) is -2.63. The first-order valence-electron chi connectivity index (χ1n) is 8.34. The van der Waals surface area contributed by atoms with Crippen LogP contribution in [0.15, 0.2) is 58.7 Å². The third-order valence-electron chi connectivity index (χ3n) is 3.98. The van der Waals surface area contributed by atoms with Crippen LogP contribution in [0.4, 0.5) is 10.1 Å². The topological polar surface area (TPSA) is 125 Å². The average Bonchev–Trinajstić information content (AvgIpc) is 2.96. The second kappa shape index (κ2) is 8.65. The zero-order chi connectivity index (χ0) is 21.0. The number of rotatable bonds is 5. The summed E-state index contributed by atoms with van der Waals surface area (Å²) in [4.78, 5) is 36.9. The second-order valence-corrected chi connectivity index (χ2v) is 7.16. The molecule has 1 atom stereocenters. The molecule has 10 heteroatoms. The fourth-order valence-corrected chi connectivity index (χ4v) is 3.46. The molecule has 1 aliphatic heterocycles. The molecular formula is C19H15FN4O4S. The summed E-state index contributed by atoms with van der Waals surface area (Å²) in [5, 5.41) is 15.6. The van der Waals surface area contributed by atoms with Crippen molar-refractivity contribution in [3.05, 3.63) is 65.5 Å². The third kappa shape index (κ3) is 4.66. The van der Waals surface area contributed by atoms with E-state index >= 15 is 0 Å². The SMILES string of the molecule is N/C(=N\N=C\c1ccccc1F)SC1CC(=O)N(c2cccc(C(=O)O)c2)C1=O. The molecule has 148 valence electrons. The van der Waals surface area contributed by atoms with E-state index in [2.05, 4.69) is 10.2 Å². The lowest BCUT2D eigenvalue weighted by Gasteiger charge is -2.15. The van der Waals surface area contributed by atoms with Crippen LogP contribution in [0, 0.1) is 5.82 Å². The fraction of sp³-hybridized carbons (Fsp3) is 0.105. The summed E-state index contributed by atoms with van der Waals surface area (Å²) in [5.41, 5.74) is 6.12. The van der Waals surface area contributed by atoms with Gasteiger partial charge in [0.15, 0.2) is 5.17 Å². The minimum Gasteiger partial charge on any atom is -0.478 e. The van der Waals surface area contributed by atoms with Gasteiger partial charge in [0.25, 0.3) is 0 Å². The van der Waals surface area contributed by atoms with Gasteiger partial charge in [-0.2, -0.15) is 5.10 Å². The van der Waals surface area contributed by atoms with Crippen LogP contribution >= 0.6 is 11.8 Å². The third-order valence-corrected chi connectivity index (χ3v) is 4.95. The van der Waals surface area contributed by atoms with Crippen LogP contribution in [0.5, 0.6) is 0 Å². The van der Waals surface area contributed by atoms with Crippen LogP contribution in [0.25, 0.3) is 0 Å². The summed E-state index contributed by atoms with van der Waals surface area (Å²) >= 11 is 0.859. The quantitative estimate of drug-likeness (QED) is 0.334. The number of anilines is 1. The lowest BCUT2D eigenvalue weighted by Crippen LogP contribution is -2.32. The van der Waals surface area contributed by atoms with Crippen LogP contribution in [0.2, 0.25) is 0 Å². The molecule has 0 bridgehead atoms. The van der Waals surface area contributed by atoms with Crippen molar-refractivity contribution >= 4 is 46.6 Å². The van der Waals surface area contributed by atoms with E-state index in [1.807, 2.05) is 0 Å². The van der Waals surface area contributed by atoms with Crippen molar-refractivity contribution in [3.8, 4) is 0 Å². The number of nitrogens with two attached hydrogens (primary N) is 1. The summed E-state index contributed by atoms with van der Waals surface area (Å²) in [7, 11) is 0. The van der Waals surface area contributed by atoms with Crippen LogP contribution < -0.4 is 10.6 Å². The maximum absolute atomic E-state index is 13.5. The van der Waals surface area contributed by atoms with Crippen molar-refractivity contribution in [2.75, 3.05) is 4.90 Å². The van der Waals surface area contributed by atoms with E-state index in [1.165, 1.54) is 42.6 Å². The van der Waals surface area contributed by atoms with E-state index < -0.39 is 28.9 Å². The molecule has 8 nitrogen and oxygen atoms in total. The molecule has 2 aromatic rings. The molecule has 1 heterocycles. The number of aromatic carboxylic acids is 1. The predicted octanol–water partition coefficient (Wildman–Crippen LogP) is 2.24. The summed E-state index contributed by atoms with van der Waals surface area (Å²) in [6.07, 6.45) is 1.07. The van der Waals surface area contributed by atoms with Gasteiger partial charge in [-0.05, 0) is 24.3 Å². The molecule has 0 spiro atoms. The van der Waals surface area contributed by atoms with Crippen LogP contribution in [-0.2, 0) is 9.59 Å². The predicted molar refractivity (Wildman–Crippen MR) is 108 cm³/mol. The smallest absolute Gasteiger partial charge is 0.335 e. The van der Waals surface area contributed by atoms with Gasteiger partial charge in [0, 0.05) is 12.0 Å². The van der Waals surface area contributed by atoms with Gasteiger partial charge in [-0.25, -0.2) is 14.1 Å². The fourth-order valence-electron chi connectivity index (χ4n) is 2.64. The minimum atomic E-state index is -1.17. The molecule has 0 radical (unpaired) electrons. The van der Waals surface area contributed by atoms with E-state index in [9.17, 15) is 18.8 Å². The highest BCUT2D eigenvalue weighted by Gasteiger charge is 2.40. The number of nitrogens with zero attached hydrogens (tertiary/aromatic N) is 3. The number of carboxylic acids is 1. The highest BCUT2D eigenvalue weighted by Crippen LogP contribution is 2.30. The van der Waals surface area contributed by atoms with Gasteiger partial charge < -0.3 is 10.8 Å². The van der Waals surface area contributed by atoms with Gasteiger partial charge in [-0.1, -0.05) is 36.0 Å². The molecule has 0 saturated carbocycles.